The first-order chi connectivity index (χ1) is 8.15. The Morgan fingerprint density at radius 1 is 1.24 bits per heavy atom. The van der Waals surface area contributed by atoms with Gasteiger partial charge in [-0.05, 0) is 42.8 Å². The van der Waals surface area contributed by atoms with Gasteiger partial charge in [0.05, 0.1) is 0 Å². The fourth-order valence-electron chi connectivity index (χ4n) is 1.28. The summed E-state index contributed by atoms with van der Waals surface area (Å²) in [5.41, 5.74) is 1.21. The van der Waals surface area contributed by atoms with Crippen LogP contribution in [-0.4, -0.2) is 10.2 Å². The standard InChI is InChI=1S/C12H10ClFN2O/c1-8-6-10(3-4-11(8)14)17-7-9-2-5-12(13)16-15-9/h2-6H,7H2,1H3. The lowest BCUT2D eigenvalue weighted by Gasteiger charge is -2.06. The summed E-state index contributed by atoms with van der Waals surface area (Å²) in [5, 5.41) is 7.89. The van der Waals surface area contributed by atoms with E-state index in [1.165, 1.54) is 6.07 Å². The van der Waals surface area contributed by atoms with Crippen LogP contribution in [0.15, 0.2) is 30.3 Å². The normalized spacial score (nSPS) is 10.3. The number of ether oxygens (including phenoxy) is 1. The van der Waals surface area contributed by atoms with Crippen molar-refractivity contribution in [3.63, 3.8) is 0 Å². The van der Waals surface area contributed by atoms with Gasteiger partial charge in [0.2, 0.25) is 0 Å². The van der Waals surface area contributed by atoms with Gasteiger partial charge in [-0.3, -0.25) is 0 Å². The first kappa shape index (κ1) is 11.8. The number of rotatable bonds is 3. The molecule has 0 aliphatic carbocycles. The third-order valence-electron chi connectivity index (χ3n) is 2.20. The highest BCUT2D eigenvalue weighted by molar-refractivity contribution is 6.29. The molecule has 0 aliphatic heterocycles. The van der Waals surface area contributed by atoms with Crippen LogP contribution >= 0.6 is 11.6 Å². The number of hydrogen-bond donors (Lipinski definition) is 0. The Labute approximate surface area is 103 Å². The molecule has 0 bridgehead atoms. The molecule has 1 heterocycles. The second-order valence-electron chi connectivity index (χ2n) is 3.55. The molecular weight excluding hydrogens is 243 g/mol. The van der Waals surface area contributed by atoms with E-state index in [9.17, 15) is 4.39 Å². The minimum Gasteiger partial charge on any atom is -0.487 e. The number of halogens is 2. The Balaban J connectivity index is 2.02. The summed E-state index contributed by atoms with van der Waals surface area (Å²) in [5.74, 6) is 0.351. The van der Waals surface area contributed by atoms with E-state index in [4.69, 9.17) is 16.3 Å². The topological polar surface area (TPSA) is 35.0 Å². The molecule has 0 radical (unpaired) electrons. The van der Waals surface area contributed by atoms with Crippen LogP contribution in [0.25, 0.3) is 0 Å². The molecule has 0 N–H and O–H groups in total. The van der Waals surface area contributed by atoms with Gasteiger partial charge in [-0.25, -0.2) is 4.39 Å². The minimum atomic E-state index is -0.247. The van der Waals surface area contributed by atoms with Crippen molar-refractivity contribution >= 4 is 11.6 Å². The second kappa shape index (κ2) is 5.10. The third kappa shape index (κ3) is 3.14. The van der Waals surface area contributed by atoms with Crippen LogP contribution in [0.2, 0.25) is 5.15 Å². The van der Waals surface area contributed by atoms with Gasteiger partial charge >= 0.3 is 0 Å². The molecule has 0 fully saturated rings. The summed E-state index contributed by atoms with van der Waals surface area (Å²) in [6, 6.07) is 7.96. The van der Waals surface area contributed by atoms with Crippen LogP contribution in [0, 0.1) is 12.7 Å². The molecule has 0 atom stereocenters. The number of hydrogen-bond acceptors (Lipinski definition) is 3. The third-order valence-corrected chi connectivity index (χ3v) is 2.40. The summed E-state index contributed by atoms with van der Waals surface area (Å²) < 4.78 is 18.5. The Bertz CT molecular complexity index is 516. The lowest BCUT2D eigenvalue weighted by Crippen LogP contribution is -2.00. The Morgan fingerprint density at radius 2 is 2.06 bits per heavy atom. The van der Waals surface area contributed by atoms with E-state index >= 15 is 0 Å². The van der Waals surface area contributed by atoms with Crippen LogP contribution in [0.5, 0.6) is 5.75 Å². The molecule has 2 rings (SSSR count). The highest BCUT2D eigenvalue weighted by atomic mass is 35.5. The van der Waals surface area contributed by atoms with Crippen LogP contribution in [0.3, 0.4) is 0 Å². The fourth-order valence-corrected chi connectivity index (χ4v) is 1.39. The summed E-state index contributed by atoms with van der Waals surface area (Å²) in [6.07, 6.45) is 0. The van der Waals surface area contributed by atoms with Gasteiger partial charge in [0.1, 0.15) is 23.9 Å². The van der Waals surface area contributed by atoms with Gasteiger partial charge in [-0.15, -0.1) is 5.10 Å². The first-order valence-electron chi connectivity index (χ1n) is 5.02. The smallest absolute Gasteiger partial charge is 0.151 e. The van der Waals surface area contributed by atoms with Crippen molar-refractivity contribution in [2.45, 2.75) is 13.5 Å². The summed E-state index contributed by atoms with van der Waals surface area (Å²) >= 11 is 5.61. The number of aromatic nitrogens is 2. The molecule has 0 amide bonds. The van der Waals surface area contributed by atoms with Crippen LogP contribution < -0.4 is 4.74 Å². The van der Waals surface area contributed by atoms with Gasteiger partial charge in [0.15, 0.2) is 5.15 Å². The van der Waals surface area contributed by atoms with Gasteiger partial charge in [0.25, 0.3) is 0 Å². The van der Waals surface area contributed by atoms with E-state index in [1.54, 1.807) is 31.2 Å². The second-order valence-corrected chi connectivity index (χ2v) is 3.93. The quantitative estimate of drug-likeness (QED) is 0.842. The maximum atomic E-state index is 13.0. The molecule has 0 aliphatic rings. The zero-order valence-corrected chi connectivity index (χ0v) is 9.91. The highest BCUT2D eigenvalue weighted by Gasteiger charge is 2.01. The molecule has 17 heavy (non-hydrogen) atoms. The van der Waals surface area contributed by atoms with E-state index in [2.05, 4.69) is 10.2 Å². The Hall–Kier alpha value is -1.68. The average molecular weight is 253 g/mol. The number of nitrogens with zero attached hydrogens (tertiary/aromatic N) is 2. The number of aryl methyl sites for hydroxylation is 1. The van der Waals surface area contributed by atoms with E-state index in [-0.39, 0.29) is 12.4 Å². The van der Waals surface area contributed by atoms with E-state index < -0.39 is 0 Å². The van der Waals surface area contributed by atoms with Gasteiger partial charge in [-0.2, -0.15) is 5.10 Å². The van der Waals surface area contributed by atoms with E-state index in [0.717, 1.165) is 0 Å². The molecule has 0 spiro atoms. The van der Waals surface area contributed by atoms with Crippen LogP contribution in [0.1, 0.15) is 11.3 Å². The van der Waals surface area contributed by atoms with Crippen molar-refractivity contribution in [2.75, 3.05) is 0 Å². The van der Waals surface area contributed by atoms with Crippen molar-refractivity contribution in [2.24, 2.45) is 0 Å². The zero-order chi connectivity index (χ0) is 12.3. The Kier molecular flexibility index (Phi) is 3.54. The lowest BCUT2D eigenvalue weighted by atomic mass is 10.2. The summed E-state index contributed by atoms with van der Waals surface area (Å²) in [7, 11) is 0. The monoisotopic (exact) mass is 252 g/mol. The molecule has 3 nitrogen and oxygen atoms in total. The fraction of sp³-hybridized carbons (Fsp3) is 0.167. The molecule has 5 heteroatoms. The predicted octanol–water partition coefficient (Wildman–Crippen LogP) is 3.16. The van der Waals surface area contributed by atoms with Crippen molar-refractivity contribution in [3.8, 4) is 5.75 Å². The molecule has 88 valence electrons. The average Bonchev–Trinajstić information content (AvgIpc) is 2.33. The van der Waals surface area contributed by atoms with E-state index in [0.29, 0.717) is 22.2 Å². The van der Waals surface area contributed by atoms with Crippen molar-refractivity contribution in [3.05, 3.63) is 52.6 Å². The zero-order valence-electron chi connectivity index (χ0n) is 9.15. The molecule has 2 aromatic rings. The molecular formula is C12H10ClFN2O. The van der Waals surface area contributed by atoms with Crippen molar-refractivity contribution in [1.82, 2.24) is 10.2 Å². The van der Waals surface area contributed by atoms with Gasteiger partial charge in [0, 0.05) is 0 Å². The molecule has 0 saturated carbocycles. The van der Waals surface area contributed by atoms with Gasteiger partial charge < -0.3 is 4.74 Å². The maximum Gasteiger partial charge on any atom is 0.151 e. The van der Waals surface area contributed by atoms with Crippen LogP contribution in [-0.2, 0) is 6.61 Å². The summed E-state index contributed by atoms with van der Waals surface area (Å²) in [4.78, 5) is 0. The van der Waals surface area contributed by atoms with Gasteiger partial charge in [-0.1, -0.05) is 11.6 Å². The Morgan fingerprint density at radius 3 is 2.71 bits per heavy atom. The minimum absolute atomic E-state index is 0.247. The van der Waals surface area contributed by atoms with Crippen molar-refractivity contribution in [1.29, 1.82) is 0 Å². The SMILES string of the molecule is Cc1cc(OCc2ccc(Cl)nn2)ccc1F. The molecule has 1 aromatic heterocycles. The lowest BCUT2D eigenvalue weighted by molar-refractivity contribution is 0.299. The number of benzene rings is 1. The maximum absolute atomic E-state index is 13.0. The molecule has 1 aromatic carbocycles. The van der Waals surface area contributed by atoms with Crippen molar-refractivity contribution < 1.29 is 9.13 Å². The van der Waals surface area contributed by atoms with Crippen LogP contribution in [0.4, 0.5) is 4.39 Å². The molecule has 0 unspecified atom stereocenters. The predicted molar refractivity (Wildman–Crippen MR) is 62.5 cm³/mol. The molecule has 0 saturated heterocycles. The van der Waals surface area contributed by atoms with E-state index in [1.807, 2.05) is 0 Å². The first-order valence-corrected chi connectivity index (χ1v) is 5.40. The highest BCUT2D eigenvalue weighted by Crippen LogP contribution is 2.17. The summed E-state index contributed by atoms with van der Waals surface area (Å²) in [6.45, 7) is 1.96. The largest absolute Gasteiger partial charge is 0.487 e.